The Bertz CT molecular complexity index is 519. The van der Waals surface area contributed by atoms with Crippen LogP contribution in [-0.4, -0.2) is 25.0 Å². The molecule has 2 aliphatic rings. The highest BCUT2D eigenvalue weighted by molar-refractivity contribution is 6.02. The van der Waals surface area contributed by atoms with Crippen LogP contribution in [0.2, 0.25) is 0 Å². The van der Waals surface area contributed by atoms with Crippen LogP contribution in [0.3, 0.4) is 0 Å². The van der Waals surface area contributed by atoms with E-state index in [9.17, 15) is 4.79 Å². The maximum atomic E-state index is 12.6. The van der Waals surface area contributed by atoms with Gasteiger partial charge in [0.15, 0.2) is 0 Å². The van der Waals surface area contributed by atoms with E-state index >= 15 is 0 Å². The number of anilines is 2. The number of amides is 1. The standard InChI is InChI=1S/C17H25N3O/c1-11-8-12(2)10-13(9-11)20-17(21)14-4-3-5-15-16(14)19-7-6-18-15/h3-5,11-13,18-19H,6-10H2,1-2H3,(H,20,21). The minimum Gasteiger partial charge on any atom is -0.382 e. The zero-order valence-corrected chi connectivity index (χ0v) is 12.9. The Morgan fingerprint density at radius 3 is 2.57 bits per heavy atom. The summed E-state index contributed by atoms with van der Waals surface area (Å²) in [5, 5.41) is 9.92. The van der Waals surface area contributed by atoms with Gasteiger partial charge in [-0.2, -0.15) is 0 Å². The number of fused-ring (bicyclic) bond motifs is 1. The van der Waals surface area contributed by atoms with Gasteiger partial charge >= 0.3 is 0 Å². The molecule has 1 aliphatic heterocycles. The number of nitrogens with one attached hydrogen (secondary N) is 3. The van der Waals surface area contributed by atoms with Gasteiger partial charge in [0, 0.05) is 19.1 Å². The van der Waals surface area contributed by atoms with Crippen molar-refractivity contribution in [3.05, 3.63) is 23.8 Å². The Kier molecular flexibility index (Phi) is 4.04. The van der Waals surface area contributed by atoms with Crippen molar-refractivity contribution < 1.29 is 4.79 Å². The summed E-state index contributed by atoms with van der Waals surface area (Å²) in [5.74, 6) is 1.45. The molecule has 0 bridgehead atoms. The van der Waals surface area contributed by atoms with E-state index in [4.69, 9.17) is 0 Å². The Morgan fingerprint density at radius 2 is 1.81 bits per heavy atom. The Balaban J connectivity index is 1.74. The highest BCUT2D eigenvalue weighted by Crippen LogP contribution is 2.31. The number of hydrogen-bond donors (Lipinski definition) is 3. The molecule has 1 amide bonds. The first-order valence-electron chi connectivity index (χ1n) is 8.05. The Labute approximate surface area is 126 Å². The Hall–Kier alpha value is -1.71. The van der Waals surface area contributed by atoms with Gasteiger partial charge in [-0.3, -0.25) is 4.79 Å². The van der Waals surface area contributed by atoms with Crippen molar-refractivity contribution >= 4 is 17.3 Å². The highest BCUT2D eigenvalue weighted by atomic mass is 16.1. The lowest BCUT2D eigenvalue weighted by Gasteiger charge is -2.32. The lowest BCUT2D eigenvalue weighted by atomic mass is 9.80. The lowest BCUT2D eigenvalue weighted by molar-refractivity contribution is 0.0912. The van der Waals surface area contributed by atoms with Crippen molar-refractivity contribution in [1.29, 1.82) is 0 Å². The summed E-state index contributed by atoms with van der Waals surface area (Å²) in [6.07, 6.45) is 3.46. The third-order valence-corrected chi connectivity index (χ3v) is 4.57. The number of rotatable bonds is 2. The van der Waals surface area contributed by atoms with Crippen LogP contribution in [-0.2, 0) is 0 Å². The molecule has 3 rings (SSSR count). The zero-order valence-electron chi connectivity index (χ0n) is 12.9. The quantitative estimate of drug-likeness (QED) is 0.783. The van der Waals surface area contributed by atoms with Gasteiger partial charge in [-0.05, 0) is 43.2 Å². The minimum absolute atomic E-state index is 0.0503. The summed E-state index contributed by atoms with van der Waals surface area (Å²) in [7, 11) is 0. The zero-order chi connectivity index (χ0) is 14.8. The molecule has 0 saturated heterocycles. The third kappa shape index (κ3) is 3.14. The second-order valence-electron chi connectivity index (χ2n) is 6.67. The molecule has 1 aromatic carbocycles. The van der Waals surface area contributed by atoms with Crippen LogP contribution in [0, 0.1) is 11.8 Å². The van der Waals surface area contributed by atoms with Crippen molar-refractivity contribution in [1.82, 2.24) is 5.32 Å². The SMILES string of the molecule is CC1CC(C)CC(NC(=O)c2cccc3c2NCCN3)C1. The van der Waals surface area contributed by atoms with E-state index in [0.29, 0.717) is 17.9 Å². The van der Waals surface area contributed by atoms with Gasteiger partial charge in [0.05, 0.1) is 16.9 Å². The summed E-state index contributed by atoms with van der Waals surface area (Å²) >= 11 is 0. The number of para-hydroxylation sites is 1. The fraction of sp³-hybridized carbons (Fsp3) is 0.588. The van der Waals surface area contributed by atoms with E-state index in [2.05, 4.69) is 29.8 Å². The molecule has 0 radical (unpaired) electrons. The average Bonchev–Trinajstić information content (AvgIpc) is 2.45. The summed E-state index contributed by atoms with van der Waals surface area (Å²) in [6.45, 7) is 6.32. The highest BCUT2D eigenvalue weighted by Gasteiger charge is 2.26. The molecule has 2 atom stereocenters. The lowest BCUT2D eigenvalue weighted by Crippen LogP contribution is -2.40. The van der Waals surface area contributed by atoms with E-state index in [1.807, 2.05) is 18.2 Å². The molecule has 1 fully saturated rings. The minimum atomic E-state index is 0.0503. The largest absolute Gasteiger partial charge is 0.382 e. The molecule has 1 aromatic rings. The molecule has 4 heteroatoms. The number of benzene rings is 1. The molecule has 2 unspecified atom stereocenters. The molecule has 21 heavy (non-hydrogen) atoms. The molecule has 4 nitrogen and oxygen atoms in total. The van der Waals surface area contributed by atoms with E-state index in [0.717, 1.165) is 42.9 Å². The van der Waals surface area contributed by atoms with Crippen LogP contribution < -0.4 is 16.0 Å². The molecule has 0 aromatic heterocycles. The van der Waals surface area contributed by atoms with Crippen LogP contribution >= 0.6 is 0 Å². The van der Waals surface area contributed by atoms with Gasteiger partial charge in [0.1, 0.15) is 0 Å². The number of hydrogen-bond acceptors (Lipinski definition) is 3. The maximum absolute atomic E-state index is 12.6. The molecule has 1 heterocycles. The maximum Gasteiger partial charge on any atom is 0.253 e. The predicted octanol–water partition coefficient (Wildman–Crippen LogP) is 3.08. The first-order chi connectivity index (χ1) is 10.1. The van der Waals surface area contributed by atoms with E-state index in [1.165, 1.54) is 6.42 Å². The first-order valence-corrected chi connectivity index (χ1v) is 8.05. The van der Waals surface area contributed by atoms with Gasteiger partial charge in [0.2, 0.25) is 0 Å². The molecular formula is C17H25N3O. The monoisotopic (exact) mass is 287 g/mol. The summed E-state index contributed by atoms with van der Waals surface area (Å²) in [4.78, 5) is 12.6. The molecule has 1 aliphatic carbocycles. The van der Waals surface area contributed by atoms with Crippen molar-refractivity contribution in [3.8, 4) is 0 Å². The van der Waals surface area contributed by atoms with Gasteiger partial charge in [-0.1, -0.05) is 19.9 Å². The van der Waals surface area contributed by atoms with Crippen LogP contribution in [0.25, 0.3) is 0 Å². The Morgan fingerprint density at radius 1 is 1.10 bits per heavy atom. The summed E-state index contributed by atoms with van der Waals surface area (Å²) in [6, 6.07) is 6.18. The summed E-state index contributed by atoms with van der Waals surface area (Å²) in [5.41, 5.74) is 2.73. The second kappa shape index (κ2) is 5.96. The molecular weight excluding hydrogens is 262 g/mol. The predicted molar refractivity (Wildman–Crippen MR) is 86.9 cm³/mol. The summed E-state index contributed by atoms with van der Waals surface area (Å²) < 4.78 is 0. The molecule has 1 saturated carbocycles. The van der Waals surface area contributed by atoms with Gasteiger partial charge < -0.3 is 16.0 Å². The van der Waals surface area contributed by atoms with Gasteiger partial charge in [0.25, 0.3) is 5.91 Å². The van der Waals surface area contributed by atoms with E-state index in [-0.39, 0.29) is 5.91 Å². The smallest absolute Gasteiger partial charge is 0.253 e. The number of carbonyl (C=O) groups excluding carboxylic acids is 1. The third-order valence-electron chi connectivity index (χ3n) is 4.57. The van der Waals surface area contributed by atoms with Crippen LogP contribution in [0.5, 0.6) is 0 Å². The van der Waals surface area contributed by atoms with E-state index in [1.54, 1.807) is 0 Å². The fourth-order valence-corrected chi connectivity index (χ4v) is 3.79. The normalized spacial score (nSPS) is 28.0. The molecule has 0 spiro atoms. The first kappa shape index (κ1) is 14.2. The van der Waals surface area contributed by atoms with Crippen LogP contribution in [0.1, 0.15) is 43.5 Å². The van der Waals surface area contributed by atoms with Gasteiger partial charge in [-0.15, -0.1) is 0 Å². The number of carbonyl (C=O) groups is 1. The van der Waals surface area contributed by atoms with Crippen molar-refractivity contribution in [2.75, 3.05) is 23.7 Å². The van der Waals surface area contributed by atoms with E-state index < -0.39 is 0 Å². The van der Waals surface area contributed by atoms with Crippen molar-refractivity contribution in [2.45, 2.75) is 39.2 Å². The van der Waals surface area contributed by atoms with Crippen molar-refractivity contribution in [3.63, 3.8) is 0 Å². The molecule has 3 N–H and O–H groups in total. The fourth-order valence-electron chi connectivity index (χ4n) is 3.79. The van der Waals surface area contributed by atoms with Crippen LogP contribution in [0.15, 0.2) is 18.2 Å². The topological polar surface area (TPSA) is 53.2 Å². The molecule has 114 valence electrons. The van der Waals surface area contributed by atoms with Gasteiger partial charge in [-0.25, -0.2) is 0 Å². The average molecular weight is 287 g/mol. The second-order valence-corrected chi connectivity index (χ2v) is 6.67. The van der Waals surface area contributed by atoms with Crippen LogP contribution in [0.4, 0.5) is 11.4 Å². The van der Waals surface area contributed by atoms with Crippen molar-refractivity contribution in [2.24, 2.45) is 11.8 Å².